The van der Waals surface area contributed by atoms with Crippen LogP contribution in [0.2, 0.25) is 0 Å². The molecule has 1 rings (SSSR count). The van der Waals surface area contributed by atoms with E-state index in [0.717, 1.165) is 17.9 Å². The lowest BCUT2D eigenvalue weighted by Gasteiger charge is -2.09. The Balaban J connectivity index is 2.56. The van der Waals surface area contributed by atoms with Gasteiger partial charge in [-0.1, -0.05) is 0 Å². The average molecular weight is 128 g/mol. The highest BCUT2D eigenvalue weighted by Crippen LogP contribution is 2.24. The van der Waals surface area contributed by atoms with Crippen LogP contribution in [0.25, 0.3) is 0 Å². The van der Waals surface area contributed by atoms with Crippen molar-refractivity contribution in [1.29, 1.82) is 5.26 Å². The quantitative estimate of drug-likeness (QED) is 0.512. The van der Waals surface area contributed by atoms with Crippen LogP contribution in [0.15, 0.2) is 0 Å². The van der Waals surface area contributed by atoms with Gasteiger partial charge in [-0.25, -0.2) is 0 Å². The molecule has 1 aliphatic rings. The molecule has 0 aromatic carbocycles. The predicted octanol–water partition coefficient (Wildman–Crippen LogP) is 0.344. The van der Waals surface area contributed by atoms with Crippen LogP contribution in [0.5, 0.6) is 0 Å². The third-order valence-corrected chi connectivity index (χ3v) is 2.49. The number of hydrogen-bond donors (Lipinski definition) is 1. The van der Waals surface area contributed by atoms with E-state index in [1.165, 1.54) is 0 Å². The molecule has 1 heterocycles. The summed E-state index contributed by atoms with van der Waals surface area (Å²) in [4.78, 5) is 0. The summed E-state index contributed by atoms with van der Waals surface area (Å²) in [6.45, 7) is 0. The van der Waals surface area contributed by atoms with Gasteiger partial charge >= 0.3 is 0 Å². The van der Waals surface area contributed by atoms with E-state index >= 15 is 0 Å². The molecule has 0 aromatic heterocycles. The molecule has 0 spiro atoms. The first kappa shape index (κ1) is 5.93. The molecule has 1 fully saturated rings. The highest BCUT2D eigenvalue weighted by atomic mass is 32.2. The van der Waals surface area contributed by atoms with Crippen molar-refractivity contribution in [1.82, 2.24) is 0 Å². The first-order valence-electron chi connectivity index (χ1n) is 2.55. The fourth-order valence-corrected chi connectivity index (χ4v) is 1.89. The van der Waals surface area contributed by atoms with Gasteiger partial charge in [0.05, 0.1) is 6.07 Å². The van der Waals surface area contributed by atoms with E-state index in [1.807, 2.05) is 0 Å². The van der Waals surface area contributed by atoms with E-state index in [4.69, 9.17) is 11.0 Å². The second-order valence-corrected chi connectivity index (χ2v) is 3.18. The summed E-state index contributed by atoms with van der Waals surface area (Å²) in [7, 11) is 0. The molecule has 0 aromatic rings. The topological polar surface area (TPSA) is 49.8 Å². The lowest BCUT2D eigenvalue weighted by Crippen LogP contribution is -2.37. The molecule has 1 saturated heterocycles. The van der Waals surface area contributed by atoms with E-state index in [2.05, 4.69) is 6.07 Å². The number of nitrogens with zero attached hydrogens (tertiary/aromatic N) is 1. The summed E-state index contributed by atoms with van der Waals surface area (Å²) in [6.07, 6.45) is 0.855. The highest BCUT2D eigenvalue weighted by Gasteiger charge is 2.29. The van der Waals surface area contributed by atoms with Crippen molar-refractivity contribution in [3.05, 3.63) is 0 Å². The predicted molar refractivity (Wildman–Crippen MR) is 34.5 cm³/mol. The Morgan fingerprint density at radius 1 is 1.75 bits per heavy atom. The number of nitriles is 1. The summed E-state index contributed by atoms with van der Waals surface area (Å²) in [5, 5.41) is 8.44. The van der Waals surface area contributed by atoms with Gasteiger partial charge in [0.25, 0.3) is 0 Å². The molecule has 44 valence electrons. The zero-order valence-electron chi connectivity index (χ0n) is 4.55. The van der Waals surface area contributed by atoms with E-state index in [-0.39, 0.29) is 0 Å². The third kappa shape index (κ3) is 0.960. The molecular weight excluding hydrogens is 120 g/mol. The van der Waals surface area contributed by atoms with Crippen LogP contribution in [0.3, 0.4) is 0 Å². The van der Waals surface area contributed by atoms with Crippen molar-refractivity contribution in [2.45, 2.75) is 12.0 Å². The Bertz CT molecular complexity index is 121. The largest absolute Gasteiger partial charge is 0.313 e. The van der Waals surface area contributed by atoms with Gasteiger partial charge in [0, 0.05) is 5.75 Å². The van der Waals surface area contributed by atoms with Crippen LogP contribution in [-0.2, 0) is 0 Å². The molecule has 3 heteroatoms. The smallest absolute Gasteiger partial charge is 0.114 e. The van der Waals surface area contributed by atoms with Crippen LogP contribution in [0.1, 0.15) is 6.42 Å². The van der Waals surface area contributed by atoms with Crippen molar-refractivity contribution in [2.24, 2.45) is 5.73 Å². The Morgan fingerprint density at radius 2 is 2.50 bits per heavy atom. The molecule has 2 N–H and O–H groups in total. The molecule has 0 saturated carbocycles. The molecule has 0 aliphatic carbocycles. The van der Waals surface area contributed by atoms with Crippen LogP contribution >= 0.6 is 11.8 Å². The van der Waals surface area contributed by atoms with E-state index < -0.39 is 5.54 Å². The molecular formula is C5H8N2S. The van der Waals surface area contributed by atoms with Crippen molar-refractivity contribution >= 4 is 11.8 Å². The molecule has 8 heavy (non-hydrogen) atoms. The van der Waals surface area contributed by atoms with Crippen molar-refractivity contribution in [3.63, 3.8) is 0 Å². The molecule has 0 unspecified atom stereocenters. The molecule has 1 atom stereocenters. The second kappa shape index (κ2) is 1.96. The average Bonchev–Trinajstić information content (AvgIpc) is 2.17. The summed E-state index contributed by atoms with van der Waals surface area (Å²) >= 11 is 1.76. The first-order chi connectivity index (χ1) is 3.77. The van der Waals surface area contributed by atoms with E-state index in [9.17, 15) is 0 Å². The van der Waals surface area contributed by atoms with Gasteiger partial charge in [-0.05, 0) is 12.2 Å². The van der Waals surface area contributed by atoms with Gasteiger partial charge in [0.1, 0.15) is 5.54 Å². The van der Waals surface area contributed by atoms with Crippen LogP contribution in [0, 0.1) is 11.3 Å². The summed E-state index contributed by atoms with van der Waals surface area (Å²) in [5.41, 5.74) is 5.08. The van der Waals surface area contributed by atoms with Gasteiger partial charge < -0.3 is 5.73 Å². The fourth-order valence-electron chi connectivity index (χ4n) is 0.669. The van der Waals surface area contributed by atoms with Gasteiger partial charge in [0.15, 0.2) is 0 Å². The minimum atomic E-state index is -0.495. The molecule has 2 nitrogen and oxygen atoms in total. The van der Waals surface area contributed by atoms with E-state index in [0.29, 0.717) is 0 Å². The summed E-state index contributed by atoms with van der Waals surface area (Å²) in [6, 6.07) is 2.10. The molecule has 0 bridgehead atoms. The third-order valence-electron chi connectivity index (χ3n) is 1.27. The SMILES string of the molecule is N#C[C@@]1(N)CCSC1. The Kier molecular flexibility index (Phi) is 1.45. The lowest BCUT2D eigenvalue weighted by molar-refractivity contribution is 0.615. The van der Waals surface area contributed by atoms with Crippen molar-refractivity contribution in [2.75, 3.05) is 11.5 Å². The Hall–Kier alpha value is -0.200. The molecule has 1 aliphatic heterocycles. The normalized spacial score (nSPS) is 37.0. The lowest BCUT2D eigenvalue weighted by atomic mass is 10.0. The number of hydrogen-bond acceptors (Lipinski definition) is 3. The Morgan fingerprint density at radius 3 is 2.75 bits per heavy atom. The number of rotatable bonds is 0. The van der Waals surface area contributed by atoms with Gasteiger partial charge in [-0.15, -0.1) is 0 Å². The van der Waals surface area contributed by atoms with Crippen LogP contribution in [0.4, 0.5) is 0 Å². The highest BCUT2D eigenvalue weighted by molar-refractivity contribution is 7.99. The number of nitrogens with two attached hydrogens (primary N) is 1. The maximum Gasteiger partial charge on any atom is 0.114 e. The van der Waals surface area contributed by atoms with Crippen molar-refractivity contribution < 1.29 is 0 Å². The minimum Gasteiger partial charge on any atom is -0.313 e. The zero-order chi connectivity index (χ0) is 6.04. The summed E-state index contributed by atoms with van der Waals surface area (Å²) < 4.78 is 0. The van der Waals surface area contributed by atoms with Crippen molar-refractivity contribution in [3.8, 4) is 6.07 Å². The van der Waals surface area contributed by atoms with E-state index in [1.54, 1.807) is 11.8 Å². The Labute approximate surface area is 53.0 Å². The maximum absolute atomic E-state index is 8.44. The van der Waals surface area contributed by atoms with Gasteiger partial charge in [-0.2, -0.15) is 17.0 Å². The number of thioether (sulfide) groups is 1. The van der Waals surface area contributed by atoms with Gasteiger partial charge in [0.2, 0.25) is 0 Å². The van der Waals surface area contributed by atoms with Crippen LogP contribution in [-0.4, -0.2) is 17.0 Å². The van der Waals surface area contributed by atoms with Crippen LogP contribution < -0.4 is 5.73 Å². The molecule has 0 radical (unpaired) electrons. The standard InChI is InChI=1S/C5H8N2S/c6-3-5(7)1-2-8-4-5/h1-2,4,7H2/t5-/m0/s1. The monoisotopic (exact) mass is 128 g/mol. The zero-order valence-corrected chi connectivity index (χ0v) is 5.37. The second-order valence-electron chi connectivity index (χ2n) is 2.07. The first-order valence-corrected chi connectivity index (χ1v) is 3.70. The summed E-state index contributed by atoms with van der Waals surface area (Å²) in [5.74, 6) is 1.85. The minimum absolute atomic E-state index is 0.495. The van der Waals surface area contributed by atoms with Gasteiger partial charge in [-0.3, -0.25) is 0 Å². The maximum atomic E-state index is 8.44. The molecule has 0 amide bonds. The fraction of sp³-hybridized carbons (Fsp3) is 0.800.